The van der Waals surface area contributed by atoms with E-state index in [0.29, 0.717) is 6.54 Å². The normalized spacial score (nSPS) is 12.3. The second-order valence-corrected chi connectivity index (χ2v) is 8.17. The van der Waals surface area contributed by atoms with Crippen LogP contribution in [0.4, 0.5) is 5.69 Å². The lowest BCUT2D eigenvalue weighted by atomic mass is 9.92. The van der Waals surface area contributed by atoms with E-state index in [0.717, 1.165) is 10.6 Å². The predicted octanol–water partition coefficient (Wildman–Crippen LogP) is 3.05. The first-order valence-corrected chi connectivity index (χ1v) is 9.03. The van der Waals surface area contributed by atoms with Crippen LogP contribution in [0, 0.1) is 0 Å². The lowest BCUT2D eigenvalue weighted by molar-refractivity contribution is 0.509. The SMILES string of the molecule is CNc1ccc(S(=O)(=O)NCC(C)(C)c2cccs2)cc1. The zero-order valence-corrected chi connectivity index (χ0v) is 14.0. The fourth-order valence-electron chi connectivity index (χ4n) is 1.91. The van der Waals surface area contributed by atoms with E-state index in [-0.39, 0.29) is 10.3 Å². The quantitative estimate of drug-likeness (QED) is 0.858. The van der Waals surface area contributed by atoms with Crippen molar-refractivity contribution in [2.24, 2.45) is 0 Å². The number of hydrogen-bond acceptors (Lipinski definition) is 4. The number of nitrogens with one attached hydrogen (secondary N) is 2. The van der Waals surface area contributed by atoms with Crippen LogP contribution >= 0.6 is 11.3 Å². The summed E-state index contributed by atoms with van der Waals surface area (Å²) in [6.07, 6.45) is 0. The summed E-state index contributed by atoms with van der Waals surface area (Å²) in [6.45, 7) is 4.43. The van der Waals surface area contributed by atoms with Crippen molar-refractivity contribution < 1.29 is 8.42 Å². The minimum absolute atomic E-state index is 0.230. The molecule has 0 unspecified atom stereocenters. The minimum Gasteiger partial charge on any atom is -0.388 e. The van der Waals surface area contributed by atoms with Crippen LogP contribution in [0.1, 0.15) is 18.7 Å². The average Bonchev–Trinajstić information content (AvgIpc) is 3.01. The van der Waals surface area contributed by atoms with Crippen LogP contribution in [-0.4, -0.2) is 22.0 Å². The van der Waals surface area contributed by atoms with Crippen LogP contribution in [0.3, 0.4) is 0 Å². The van der Waals surface area contributed by atoms with Gasteiger partial charge in [0.2, 0.25) is 10.0 Å². The molecule has 0 bridgehead atoms. The Labute approximate surface area is 130 Å². The van der Waals surface area contributed by atoms with Gasteiger partial charge < -0.3 is 5.32 Å². The van der Waals surface area contributed by atoms with Crippen molar-refractivity contribution in [1.82, 2.24) is 4.72 Å². The summed E-state index contributed by atoms with van der Waals surface area (Å²) < 4.78 is 27.3. The van der Waals surface area contributed by atoms with Gasteiger partial charge in [0.25, 0.3) is 0 Å². The molecule has 4 nitrogen and oxygen atoms in total. The fourth-order valence-corrected chi connectivity index (χ4v) is 3.97. The van der Waals surface area contributed by atoms with Crippen LogP contribution in [-0.2, 0) is 15.4 Å². The third kappa shape index (κ3) is 3.84. The molecule has 1 aromatic carbocycles. The van der Waals surface area contributed by atoms with E-state index in [4.69, 9.17) is 0 Å². The summed E-state index contributed by atoms with van der Waals surface area (Å²) >= 11 is 1.64. The Kier molecular flexibility index (Phi) is 4.70. The predicted molar refractivity (Wildman–Crippen MR) is 88.5 cm³/mol. The van der Waals surface area contributed by atoms with Crippen LogP contribution in [0.15, 0.2) is 46.7 Å². The fraction of sp³-hybridized carbons (Fsp3) is 0.333. The Morgan fingerprint density at radius 1 is 1.14 bits per heavy atom. The van der Waals surface area contributed by atoms with E-state index >= 15 is 0 Å². The molecule has 2 N–H and O–H groups in total. The summed E-state index contributed by atoms with van der Waals surface area (Å²) in [7, 11) is -1.69. The molecule has 0 fully saturated rings. The Morgan fingerprint density at radius 3 is 2.33 bits per heavy atom. The maximum absolute atomic E-state index is 12.3. The standard InChI is InChI=1S/C15H20N2O2S2/c1-15(2,14-5-4-10-20-14)11-17-21(18,19)13-8-6-12(16-3)7-9-13/h4-10,16-17H,11H2,1-3H3. The molecule has 0 saturated heterocycles. The summed E-state index contributed by atoms with van der Waals surface area (Å²) in [4.78, 5) is 1.44. The second-order valence-electron chi connectivity index (χ2n) is 5.46. The molecule has 2 aromatic rings. The lowest BCUT2D eigenvalue weighted by Crippen LogP contribution is -2.36. The van der Waals surface area contributed by atoms with E-state index in [9.17, 15) is 8.42 Å². The van der Waals surface area contributed by atoms with Crippen molar-refractivity contribution in [2.45, 2.75) is 24.2 Å². The van der Waals surface area contributed by atoms with Gasteiger partial charge in [0.05, 0.1) is 4.90 Å². The molecule has 1 heterocycles. The van der Waals surface area contributed by atoms with Gasteiger partial charge in [0.1, 0.15) is 0 Å². The molecule has 0 aliphatic rings. The molecule has 21 heavy (non-hydrogen) atoms. The Balaban J connectivity index is 2.10. The molecule has 2 rings (SSSR count). The topological polar surface area (TPSA) is 58.2 Å². The molecule has 0 aliphatic carbocycles. The van der Waals surface area contributed by atoms with E-state index in [1.165, 1.54) is 0 Å². The number of rotatable bonds is 6. The van der Waals surface area contributed by atoms with Gasteiger partial charge in [-0.2, -0.15) is 0 Å². The average molecular weight is 324 g/mol. The zero-order chi connectivity index (χ0) is 15.5. The highest BCUT2D eigenvalue weighted by atomic mass is 32.2. The summed E-state index contributed by atoms with van der Waals surface area (Å²) in [5, 5.41) is 4.97. The van der Waals surface area contributed by atoms with Gasteiger partial charge in [-0.1, -0.05) is 19.9 Å². The molecule has 0 saturated carbocycles. The van der Waals surface area contributed by atoms with E-state index in [2.05, 4.69) is 10.0 Å². The maximum Gasteiger partial charge on any atom is 0.240 e. The molecule has 0 aliphatic heterocycles. The molecule has 0 spiro atoms. The summed E-state index contributed by atoms with van der Waals surface area (Å²) in [5.41, 5.74) is 0.652. The first-order chi connectivity index (χ1) is 9.85. The van der Waals surface area contributed by atoms with Gasteiger partial charge in [-0.05, 0) is 35.7 Å². The van der Waals surface area contributed by atoms with Gasteiger partial charge in [0, 0.05) is 29.6 Å². The van der Waals surface area contributed by atoms with Crippen molar-refractivity contribution in [1.29, 1.82) is 0 Å². The number of benzene rings is 1. The molecular weight excluding hydrogens is 304 g/mol. The molecule has 114 valence electrons. The zero-order valence-electron chi connectivity index (χ0n) is 12.4. The van der Waals surface area contributed by atoms with Gasteiger partial charge in [-0.25, -0.2) is 13.1 Å². The van der Waals surface area contributed by atoms with Crippen molar-refractivity contribution in [3.8, 4) is 0 Å². The van der Waals surface area contributed by atoms with Crippen molar-refractivity contribution >= 4 is 27.0 Å². The summed E-state index contributed by atoms with van der Waals surface area (Å²) in [5.74, 6) is 0. The smallest absolute Gasteiger partial charge is 0.240 e. The molecule has 0 atom stereocenters. The molecule has 1 aromatic heterocycles. The van der Waals surface area contributed by atoms with E-state index in [1.807, 2.05) is 31.4 Å². The Hall–Kier alpha value is -1.37. The first kappa shape index (κ1) is 16.0. The van der Waals surface area contributed by atoms with Crippen molar-refractivity contribution in [2.75, 3.05) is 18.9 Å². The van der Waals surface area contributed by atoms with Gasteiger partial charge >= 0.3 is 0 Å². The molecule has 0 amide bonds. The van der Waals surface area contributed by atoms with Gasteiger partial charge in [-0.15, -0.1) is 11.3 Å². The highest BCUT2D eigenvalue weighted by Gasteiger charge is 2.25. The van der Waals surface area contributed by atoms with Gasteiger partial charge in [0.15, 0.2) is 0 Å². The number of anilines is 1. The highest BCUT2D eigenvalue weighted by Crippen LogP contribution is 2.27. The number of hydrogen-bond donors (Lipinski definition) is 2. The number of thiophene rings is 1. The van der Waals surface area contributed by atoms with Crippen molar-refractivity contribution in [3.63, 3.8) is 0 Å². The minimum atomic E-state index is -3.48. The monoisotopic (exact) mass is 324 g/mol. The number of sulfonamides is 1. The van der Waals surface area contributed by atoms with E-state index in [1.54, 1.807) is 42.6 Å². The van der Waals surface area contributed by atoms with Crippen LogP contribution < -0.4 is 10.0 Å². The highest BCUT2D eigenvalue weighted by molar-refractivity contribution is 7.89. The molecular formula is C15H20N2O2S2. The van der Waals surface area contributed by atoms with Crippen LogP contribution in [0.5, 0.6) is 0 Å². The first-order valence-electron chi connectivity index (χ1n) is 6.67. The summed E-state index contributed by atoms with van der Waals surface area (Å²) in [6, 6.07) is 10.7. The largest absolute Gasteiger partial charge is 0.388 e. The maximum atomic E-state index is 12.3. The third-order valence-electron chi connectivity index (χ3n) is 3.35. The van der Waals surface area contributed by atoms with Gasteiger partial charge in [-0.3, -0.25) is 0 Å². The lowest BCUT2D eigenvalue weighted by Gasteiger charge is -2.23. The second kappa shape index (κ2) is 6.17. The Bertz CT molecular complexity index is 675. The van der Waals surface area contributed by atoms with Crippen LogP contribution in [0.2, 0.25) is 0 Å². The van der Waals surface area contributed by atoms with Crippen molar-refractivity contribution in [3.05, 3.63) is 46.7 Å². The molecule has 6 heteroatoms. The third-order valence-corrected chi connectivity index (χ3v) is 6.00. The Morgan fingerprint density at radius 2 is 1.81 bits per heavy atom. The van der Waals surface area contributed by atoms with Crippen LogP contribution in [0.25, 0.3) is 0 Å². The molecule has 0 radical (unpaired) electrons. The van der Waals surface area contributed by atoms with E-state index < -0.39 is 10.0 Å².